The molecule has 1 atom stereocenters. The quantitative estimate of drug-likeness (QED) is 0.743. The topological polar surface area (TPSA) is 56.2 Å². The van der Waals surface area contributed by atoms with Gasteiger partial charge < -0.3 is 14.8 Å². The van der Waals surface area contributed by atoms with Crippen LogP contribution >= 0.6 is 0 Å². The van der Waals surface area contributed by atoms with Crippen LogP contribution in [0.25, 0.3) is 0 Å². The molecule has 0 spiro atoms. The van der Waals surface area contributed by atoms with E-state index in [1.807, 2.05) is 18.2 Å². The summed E-state index contributed by atoms with van der Waals surface area (Å²) >= 11 is 0. The molecular weight excluding hydrogens is 267 g/mol. The van der Waals surface area contributed by atoms with E-state index in [9.17, 15) is 10.0 Å². The molecule has 0 aromatic heterocycles. The van der Waals surface area contributed by atoms with Crippen molar-refractivity contribution in [3.8, 4) is 5.75 Å². The average molecular weight is 290 g/mol. The van der Waals surface area contributed by atoms with Gasteiger partial charge in [0.1, 0.15) is 5.75 Å². The van der Waals surface area contributed by atoms with E-state index in [0.29, 0.717) is 17.3 Å². The van der Waals surface area contributed by atoms with Crippen LogP contribution in [0.5, 0.6) is 5.75 Å². The highest BCUT2D eigenvalue weighted by Crippen LogP contribution is 2.22. The molecule has 1 unspecified atom stereocenters. The van der Waals surface area contributed by atoms with Crippen molar-refractivity contribution in [3.05, 3.63) is 23.8 Å². The number of ether oxygens (including phenoxy) is 1. The van der Waals surface area contributed by atoms with Crippen LogP contribution in [0, 0.1) is 0 Å². The Bertz CT molecular complexity index is 498. The SMILES string of the molecule is COc1ccc(CN2CCN3CCCC3C2)cc1B(O)O. The minimum absolute atomic E-state index is 0.439. The van der Waals surface area contributed by atoms with Crippen LogP contribution in [0.4, 0.5) is 0 Å². The molecule has 5 nitrogen and oxygen atoms in total. The van der Waals surface area contributed by atoms with Gasteiger partial charge in [-0.1, -0.05) is 12.1 Å². The number of benzene rings is 1. The Morgan fingerprint density at radius 3 is 2.90 bits per heavy atom. The molecule has 2 saturated heterocycles. The molecule has 114 valence electrons. The monoisotopic (exact) mass is 290 g/mol. The lowest BCUT2D eigenvalue weighted by Crippen LogP contribution is -2.49. The van der Waals surface area contributed by atoms with Crippen LogP contribution in [-0.2, 0) is 6.54 Å². The van der Waals surface area contributed by atoms with Gasteiger partial charge >= 0.3 is 7.12 Å². The van der Waals surface area contributed by atoms with Gasteiger partial charge in [0, 0.05) is 37.7 Å². The number of hydrogen-bond acceptors (Lipinski definition) is 5. The first-order valence-corrected chi connectivity index (χ1v) is 7.66. The second-order valence-electron chi connectivity index (χ2n) is 6.02. The molecule has 0 bridgehead atoms. The van der Waals surface area contributed by atoms with Crippen LogP contribution in [0.1, 0.15) is 18.4 Å². The zero-order chi connectivity index (χ0) is 14.8. The third-order valence-corrected chi connectivity index (χ3v) is 4.65. The first-order chi connectivity index (χ1) is 10.2. The van der Waals surface area contributed by atoms with E-state index >= 15 is 0 Å². The predicted molar refractivity (Wildman–Crippen MR) is 82.7 cm³/mol. The van der Waals surface area contributed by atoms with E-state index in [2.05, 4.69) is 9.80 Å². The molecule has 2 fully saturated rings. The van der Waals surface area contributed by atoms with E-state index in [1.54, 1.807) is 7.11 Å². The summed E-state index contributed by atoms with van der Waals surface area (Å²) in [6.07, 6.45) is 2.63. The van der Waals surface area contributed by atoms with Gasteiger partial charge in [0.05, 0.1) is 7.11 Å². The summed E-state index contributed by atoms with van der Waals surface area (Å²) in [6, 6.07) is 6.37. The van der Waals surface area contributed by atoms with Crippen molar-refractivity contribution in [2.45, 2.75) is 25.4 Å². The lowest BCUT2D eigenvalue weighted by molar-refractivity contribution is 0.0994. The maximum absolute atomic E-state index is 9.44. The number of methoxy groups -OCH3 is 1. The largest absolute Gasteiger partial charge is 0.497 e. The molecule has 2 N–H and O–H groups in total. The Labute approximate surface area is 126 Å². The highest BCUT2D eigenvalue weighted by atomic mass is 16.5. The normalized spacial score (nSPS) is 23.1. The third-order valence-electron chi connectivity index (χ3n) is 4.65. The maximum Gasteiger partial charge on any atom is 0.492 e. The molecule has 0 saturated carbocycles. The van der Waals surface area contributed by atoms with Gasteiger partial charge in [-0.15, -0.1) is 0 Å². The molecule has 0 radical (unpaired) electrons. The second kappa shape index (κ2) is 6.36. The van der Waals surface area contributed by atoms with Gasteiger partial charge in [-0.25, -0.2) is 0 Å². The Morgan fingerprint density at radius 1 is 1.29 bits per heavy atom. The van der Waals surface area contributed by atoms with Crippen molar-refractivity contribution in [1.82, 2.24) is 9.80 Å². The molecule has 2 heterocycles. The summed E-state index contributed by atoms with van der Waals surface area (Å²) in [7, 11) is 0.0480. The summed E-state index contributed by atoms with van der Waals surface area (Å²) in [5.41, 5.74) is 1.54. The first-order valence-electron chi connectivity index (χ1n) is 7.66. The maximum atomic E-state index is 9.44. The first kappa shape index (κ1) is 14.8. The standard InChI is InChI=1S/C15H23BN2O3/c1-21-15-5-4-12(9-14(15)16(19)20)10-17-7-8-18-6-2-3-13(18)11-17/h4-5,9,13,19-20H,2-3,6-8,10-11H2,1H3. The molecular formula is C15H23BN2O3. The summed E-state index contributed by atoms with van der Waals surface area (Å²) in [4.78, 5) is 5.05. The van der Waals surface area contributed by atoms with E-state index in [-0.39, 0.29) is 0 Å². The van der Waals surface area contributed by atoms with Crippen molar-refractivity contribution < 1.29 is 14.8 Å². The van der Waals surface area contributed by atoms with E-state index in [0.717, 1.165) is 31.7 Å². The van der Waals surface area contributed by atoms with Crippen molar-refractivity contribution in [2.24, 2.45) is 0 Å². The van der Waals surface area contributed by atoms with Gasteiger partial charge in [0.25, 0.3) is 0 Å². The van der Waals surface area contributed by atoms with Gasteiger partial charge in [-0.2, -0.15) is 0 Å². The summed E-state index contributed by atoms with van der Waals surface area (Å²) in [5.74, 6) is 0.523. The Morgan fingerprint density at radius 2 is 2.14 bits per heavy atom. The molecule has 3 rings (SSSR count). The fourth-order valence-corrected chi connectivity index (χ4v) is 3.54. The number of rotatable bonds is 4. The number of piperazine rings is 1. The fraction of sp³-hybridized carbons (Fsp3) is 0.600. The Hall–Kier alpha value is -1.08. The molecule has 0 aliphatic carbocycles. The molecule has 1 aromatic rings. The number of nitrogens with zero attached hydrogens (tertiary/aromatic N) is 2. The van der Waals surface area contributed by atoms with Crippen molar-refractivity contribution in [2.75, 3.05) is 33.3 Å². The van der Waals surface area contributed by atoms with Crippen LogP contribution < -0.4 is 10.2 Å². The summed E-state index contributed by atoms with van der Waals surface area (Å²) < 4.78 is 5.17. The number of fused-ring (bicyclic) bond motifs is 1. The molecule has 2 aliphatic heterocycles. The molecule has 0 amide bonds. The highest BCUT2D eigenvalue weighted by Gasteiger charge is 2.30. The third kappa shape index (κ3) is 3.24. The average Bonchev–Trinajstić information content (AvgIpc) is 2.94. The highest BCUT2D eigenvalue weighted by molar-refractivity contribution is 6.59. The minimum Gasteiger partial charge on any atom is -0.497 e. The Kier molecular flexibility index (Phi) is 4.49. The van der Waals surface area contributed by atoms with Crippen LogP contribution in [0.15, 0.2) is 18.2 Å². The zero-order valence-electron chi connectivity index (χ0n) is 12.5. The minimum atomic E-state index is -1.49. The van der Waals surface area contributed by atoms with Crippen LogP contribution in [0.2, 0.25) is 0 Å². The van der Waals surface area contributed by atoms with E-state index in [4.69, 9.17) is 4.74 Å². The molecule has 1 aromatic carbocycles. The summed E-state index contributed by atoms with van der Waals surface area (Å²) in [6.45, 7) is 5.45. The lowest BCUT2D eigenvalue weighted by atomic mass is 9.78. The second-order valence-corrected chi connectivity index (χ2v) is 6.02. The van der Waals surface area contributed by atoms with Gasteiger partial charge in [-0.3, -0.25) is 9.80 Å². The molecule has 21 heavy (non-hydrogen) atoms. The van der Waals surface area contributed by atoms with Gasteiger partial charge in [0.15, 0.2) is 0 Å². The van der Waals surface area contributed by atoms with Crippen molar-refractivity contribution >= 4 is 12.6 Å². The molecule has 2 aliphatic rings. The molecule has 6 heteroatoms. The van der Waals surface area contributed by atoms with Gasteiger partial charge in [0.2, 0.25) is 0 Å². The summed E-state index contributed by atoms with van der Waals surface area (Å²) in [5, 5.41) is 18.9. The van der Waals surface area contributed by atoms with E-state index < -0.39 is 7.12 Å². The fourth-order valence-electron chi connectivity index (χ4n) is 3.54. The van der Waals surface area contributed by atoms with Gasteiger partial charge in [-0.05, 0) is 31.0 Å². The smallest absolute Gasteiger partial charge is 0.492 e. The predicted octanol–water partition coefficient (Wildman–Crippen LogP) is -0.345. The Balaban J connectivity index is 1.68. The van der Waals surface area contributed by atoms with Crippen LogP contribution in [-0.4, -0.2) is 66.3 Å². The van der Waals surface area contributed by atoms with Crippen molar-refractivity contribution in [3.63, 3.8) is 0 Å². The number of hydrogen-bond donors (Lipinski definition) is 2. The van der Waals surface area contributed by atoms with Crippen LogP contribution in [0.3, 0.4) is 0 Å². The lowest BCUT2D eigenvalue weighted by Gasteiger charge is -2.37. The zero-order valence-corrected chi connectivity index (χ0v) is 12.5. The van der Waals surface area contributed by atoms with E-state index in [1.165, 1.54) is 19.4 Å². The van der Waals surface area contributed by atoms with Crippen molar-refractivity contribution in [1.29, 1.82) is 0 Å².